The number of amides is 1. The number of nitrogens with one attached hydrogen (secondary N) is 2. The fourth-order valence-electron chi connectivity index (χ4n) is 2.45. The van der Waals surface area contributed by atoms with E-state index in [1.54, 1.807) is 38.5 Å². The van der Waals surface area contributed by atoms with Gasteiger partial charge in [0.15, 0.2) is 16.6 Å². The van der Waals surface area contributed by atoms with Gasteiger partial charge in [-0.2, -0.15) is 0 Å². The molecule has 0 aliphatic rings. The molecule has 0 aliphatic heterocycles. The summed E-state index contributed by atoms with van der Waals surface area (Å²) in [6.07, 6.45) is 0. The van der Waals surface area contributed by atoms with Gasteiger partial charge in [-0.1, -0.05) is 37.6 Å². The van der Waals surface area contributed by atoms with E-state index in [1.165, 1.54) is 5.56 Å². The maximum atomic E-state index is 12.3. The van der Waals surface area contributed by atoms with Gasteiger partial charge in [-0.3, -0.25) is 10.1 Å². The van der Waals surface area contributed by atoms with E-state index < -0.39 is 0 Å². The number of ether oxygens (including phenoxy) is 2. The van der Waals surface area contributed by atoms with Crippen LogP contribution in [0.25, 0.3) is 0 Å². The van der Waals surface area contributed by atoms with E-state index in [4.69, 9.17) is 33.3 Å². The first-order valence-corrected chi connectivity index (χ1v) is 9.23. The summed E-state index contributed by atoms with van der Waals surface area (Å²) in [5, 5.41) is 6.38. The third-order valence-corrected chi connectivity index (χ3v) is 4.66. The first-order valence-electron chi connectivity index (χ1n) is 8.45. The summed E-state index contributed by atoms with van der Waals surface area (Å²) in [7, 11) is 3.10. The van der Waals surface area contributed by atoms with Crippen molar-refractivity contribution in [2.24, 2.45) is 0 Å². The minimum atomic E-state index is -0.263. The van der Waals surface area contributed by atoms with Gasteiger partial charge in [0.1, 0.15) is 0 Å². The molecule has 5 nitrogen and oxygen atoms in total. The van der Waals surface area contributed by atoms with Crippen LogP contribution in [0.3, 0.4) is 0 Å². The molecule has 7 heteroatoms. The van der Waals surface area contributed by atoms with Gasteiger partial charge in [0.25, 0.3) is 5.91 Å². The summed E-state index contributed by atoms with van der Waals surface area (Å²) in [6.45, 7) is 4.55. The van der Waals surface area contributed by atoms with Crippen LogP contribution in [0.1, 0.15) is 41.3 Å². The fraction of sp³-hybridized carbons (Fsp3) is 0.300. The van der Waals surface area contributed by atoms with Crippen LogP contribution in [0.5, 0.6) is 11.5 Å². The predicted octanol–water partition coefficient (Wildman–Crippen LogP) is 4.29. The zero-order valence-electron chi connectivity index (χ0n) is 15.8. The van der Waals surface area contributed by atoms with Gasteiger partial charge >= 0.3 is 0 Å². The maximum absolute atomic E-state index is 12.3. The second-order valence-corrected chi connectivity index (χ2v) is 7.03. The van der Waals surface area contributed by atoms with Crippen LogP contribution < -0.4 is 20.1 Å². The summed E-state index contributed by atoms with van der Waals surface area (Å²) in [6, 6.07) is 10.9. The zero-order valence-corrected chi connectivity index (χ0v) is 17.3. The molecule has 0 saturated carbocycles. The van der Waals surface area contributed by atoms with Crippen molar-refractivity contribution in [3.05, 3.63) is 58.1 Å². The third kappa shape index (κ3) is 5.58. The normalized spacial score (nSPS) is 10.4. The summed E-state index contributed by atoms with van der Waals surface area (Å²) in [5.41, 5.74) is 2.50. The van der Waals surface area contributed by atoms with Gasteiger partial charge in [0.2, 0.25) is 0 Å². The van der Waals surface area contributed by atoms with E-state index >= 15 is 0 Å². The van der Waals surface area contributed by atoms with Gasteiger partial charge < -0.3 is 14.8 Å². The Morgan fingerprint density at radius 3 is 2.26 bits per heavy atom. The van der Waals surface area contributed by atoms with E-state index in [0.29, 0.717) is 34.5 Å². The van der Waals surface area contributed by atoms with Crippen molar-refractivity contribution >= 4 is 34.8 Å². The lowest BCUT2D eigenvalue weighted by Crippen LogP contribution is -2.38. The highest BCUT2D eigenvalue weighted by Crippen LogP contribution is 2.32. The number of benzene rings is 2. The number of rotatable bonds is 6. The third-order valence-electron chi connectivity index (χ3n) is 4.06. The zero-order chi connectivity index (χ0) is 20.0. The van der Waals surface area contributed by atoms with Crippen LogP contribution in [-0.4, -0.2) is 25.2 Å². The van der Waals surface area contributed by atoms with Gasteiger partial charge in [-0.25, -0.2) is 0 Å². The molecule has 144 valence electrons. The highest BCUT2D eigenvalue weighted by molar-refractivity contribution is 7.80. The molecule has 27 heavy (non-hydrogen) atoms. The Bertz CT molecular complexity index is 823. The molecule has 0 spiro atoms. The Kier molecular flexibility index (Phi) is 7.45. The van der Waals surface area contributed by atoms with E-state index in [0.717, 1.165) is 5.56 Å². The minimum Gasteiger partial charge on any atom is -0.493 e. The molecule has 0 radical (unpaired) electrons. The number of hydrogen-bond acceptors (Lipinski definition) is 4. The van der Waals surface area contributed by atoms with Crippen molar-refractivity contribution in [3.63, 3.8) is 0 Å². The molecule has 2 aromatic carbocycles. The lowest BCUT2D eigenvalue weighted by atomic mass is 10.0. The van der Waals surface area contributed by atoms with Crippen LogP contribution in [0.15, 0.2) is 36.4 Å². The second kappa shape index (κ2) is 9.58. The highest BCUT2D eigenvalue weighted by Gasteiger charge is 2.12. The first-order chi connectivity index (χ1) is 12.8. The maximum Gasteiger partial charge on any atom is 0.257 e. The van der Waals surface area contributed by atoms with Crippen molar-refractivity contribution in [3.8, 4) is 11.5 Å². The number of halogens is 1. The molecule has 2 N–H and O–H groups in total. The van der Waals surface area contributed by atoms with Crippen molar-refractivity contribution in [2.45, 2.75) is 26.3 Å². The number of thiocarbonyl (C=S) groups is 1. The Labute approximate surface area is 170 Å². The molecule has 2 aromatic rings. The monoisotopic (exact) mass is 406 g/mol. The molecule has 0 saturated heterocycles. The number of carbonyl (C=O) groups excluding carboxylic acids is 1. The number of carbonyl (C=O) groups is 1. The number of methoxy groups -OCH3 is 2. The smallest absolute Gasteiger partial charge is 0.257 e. The summed E-state index contributed by atoms with van der Waals surface area (Å²) >= 11 is 11.5. The average molecular weight is 407 g/mol. The summed E-state index contributed by atoms with van der Waals surface area (Å²) in [4.78, 5) is 12.3. The average Bonchev–Trinajstić information content (AvgIpc) is 2.66. The standard InChI is InChI=1S/C20H23ClN2O3S/c1-12(2)13-5-7-14(8-6-13)19(24)23-20(27)22-11-15-9-17(25-3)18(26-4)10-16(15)21/h5-10,12H,11H2,1-4H3,(H2,22,23,24,27). The summed E-state index contributed by atoms with van der Waals surface area (Å²) in [5.74, 6) is 1.27. The van der Waals surface area contributed by atoms with E-state index in [9.17, 15) is 4.79 Å². The topological polar surface area (TPSA) is 59.6 Å². The van der Waals surface area contributed by atoms with Crippen LogP contribution in [0.2, 0.25) is 5.02 Å². The lowest BCUT2D eigenvalue weighted by molar-refractivity contribution is 0.0976. The molecule has 0 unspecified atom stereocenters. The quantitative estimate of drug-likeness (QED) is 0.701. The number of hydrogen-bond donors (Lipinski definition) is 2. The van der Waals surface area contributed by atoms with Crippen LogP contribution in [0.4, 0.5) is 0 Å². The minimum absolute atomic E-state index is 0.221. The largest absolute Gasteiger partial charge is 0.493 e. The summed E-state index contributed by atoms with van der Waals surface area (Å²) < 4.78 is 10.5. The lowest BCUT2D eigenvalue weighted by Gasteiger charge is -2.14. The highest BCUT2D eigenvalue weighted by atomic mass is 35.5. The van der Waals surface area contributed by atoms with E-state index in [2.05, 4.69) is 24.5 Å². The fourth-order valence-corrected chi connectivity index (χ4v) is 2.83. The van der Waals surface area contributed by atoms with Crippen LogP contribution >= 0.6 is 23.8 Å². The van der Waals surface area contributed by atoms with Crippen LogP contribution in [0, 0.1) is 0 Å². The molecular formula is C20H23ClN2O3S. The Morgan fingerprint density at radius 1 is 1.11 bits per heavy atom. The first kappa shape index (κ1) is 21.0. The van der Waals surface area contributed by atoms with Crippen molar-refractivity contribution < 1.29 is 14.3 Å². The molecule has 2 rings (SSSR count). The Balaban J connectivity index is 1.97. The van der Waals surface area contributed by atoms with E-state index in [1.807, 2.05) is 12.1 Å². The van der Waals surface area contributed by atoms with Gasteiger partial charge in [0.05, 0.1) is 14.2 Å². The van der Waals surface area contributed by atoms with E-state index in [-0.39, 0.29) is 11.0 Å². The Morgan fingerprint density at radius 2 is 1.70 bits per heavy atom. The molecule has 0 aliphatic carbocycles. The van der Waals surface area contributed by atoms with Crippen molar-refractivity contribution in [1.29, 1.82) is 0 Å². The second-order valence-electron chi connectivity index (χ2n) is 6.21. The van der Waals surface area contributed by atoms with Gasteiger partial charge in [0, 0.05) is 23.2 Å². The molecular weight excluding hydrogens is 384 g/mol. The molecule has 0 atom stereocenters. The Hall–Kier alpha value is -2.31. The van der Waals surface area contributed by atoms with Gasteiger partial charge in [-0.05, 0) is 47.5 Å². The molecule has 0 fully saturated rings. The van der Waals surface area contributed by atoms with Crippen molar-refractivity contribution in [2.75, 3.05) is 14.2 Å². The predicted molar refractivity (Wildman–Crippen MR) is 112 cm³/mol. The molecule has 1 amide bonds. The van der Waals surface area contributed by atoms with Crippen LogP contribution in [-0.2, 0) is 6.54 Å². The van der Waals surface area contributed by atoms with Crippen molar-refractivity contribution in [1.82, 2.24) is 10.6 Å². The molecule has 0 aromatic heterocycles. The van der Waals surface area contributed by atoms with Gasteiger partial charge in [-0.15, -0.1) is 0 Å². The molecule has 0 bridgehead atoms. The molecule has 0 heterocycles. The SMILES string of the molecule is COc1cc(Cl)c(CNC(=S)NC(=O)c2ccc(C(C)C)cc2)cc1OC.